The summed E-state index contributed by atoms with van der Waals surface area (Å²) in [6.07, 6.45) is 0. The van der Waals surface area contributed by atoms with Gasteiger partial charge in [0.15, 0.2) is 5.58 Å². The number of piperazine rings is 1. The number of furan rings is 1. The first-order chi connectivity index (χ1) is 13.8. The molecule has 1 saturated heterocycles. The molecular weight excluding hydrogens is 380 g/mol. The molecule has 0 atom stereocenters. The van der Waals surface area contributed by atoms with Gasteiger partial charge >= 0.3 is 0 Å². The molecule has 3 aromatic rings. The molecule has 0 unspecified atom stereocenters. The van der Waals surface area contributed by atoms with Gasteiger partial charge in [-0.1, -0.05) is 0 Å². The van der Waals surface area contributed by atoms with Crippen LogP contribution in [0.3, 0.4) is 0 Å². The normalized spacial score (nSPS) is 14.6. The summed E-state index contributed by atoms with van der Waals surface area (Å²) in [6, 6.07) is 6.79. The molecular formula is C21H21F2N3O3. The van der Waals surface area contributed by atoms with Gasteiger partial charge in [-0.25, -0.2) is 8.78 Å². The average Bonchev–Trinajstić information content (AvgIpc) is 3.17. The molecule has 29 heavy (non-hydrogen) atoms. The number of benzene rings is 1. The molecule has 0 radical (unpaired) electrons. The lowest BCUT2D eigenvalue weighted by atomic mass is 10.2. The lowest BCUT2D eigenvalue weighted by molar-refractivity contribution is -0.130. The zero-order chi connectivity index (χ0) is 20.7. The largest absolute Gasteiger partial charge is 0.460 e. The summed E-state index contributed by atoms with van der Waals surface area (Å²) >= 11 is 0. The molecule has 0 saturated carbocycles. The van der Waals surface area contributed by atoms with Gasteiger partial charge in [-0.15, -0.1) is 0 Å². The Bertz CT molecular complexity index is 1070. The molecule has 0 bridgehead atoms. The van der Waals surface area contributed by atoms with E-state index in [2.05, 4.69) is 0 Å². The number of hydrogen-bond acceptors (Lipinski definition) is 3. The lowest BCUT2D eigenvalue weighted by Crippen LogP contribution is -2.50. The van der Waals surface area contributed by atoms with Gasteiger partial charge < -0.3 is 18.8 Å². The molecule has 0 spiro atoms. The van der Waals surface area contributed by atoms with Crippen LogP contribution < -0.4 is 0 Å². The first-order valence-electron chi connectivity index (χ1n) is 9.41. The van der Waals surface area contributed by atoms with Crippen LogP contribution in [-0.4, -0.2) is 52.4 Å². The van der Waals surface area contributed by atoms with Crippen molar-refractivity contribution in [3.8, 4) is 0 Å². The second-order valence-electron chi connectivity index (χ2n) is 7.30. The van der Waals surface area contributed by atoms with Crippen LogP contribution in [0.2, 0.25) is 0 Å². The highest BCUT2D eigenvalue weighted by Gasteiger charge is 2.27. The van der Waals surface area contributed by atoms with Gasteiger partial charge in [0.2, 0.25) is 5.91 Å². The zero-order valence-corrected chi connectivity index (χ0v) is 16.2. The maximum Gasteiger partial charge on any atom is 0.270 e. The minimum Gasteiger partial charge on any atom is -0.460 e. The Morgan fingerprint density at radius 1 is 0.966 bits per heavy atom. The number of hydrogen-bond donors (Lipinski definition) is 0. The molecule has 4 rings (SSSR count). The van der Waals surface area contributed by atoms with Gasteiger partial charge in [0.25, 0.3) is 5.91 Å². The van der Waals surface area contributed by atoms with E-state index in [1.807, 2.05) is 0 Å². The number of aromatic nitrogens is 1. The summed E-state index contributed by atoms with van der Waals surface area (Å²) < 4.78 is 34.7. The van der Waals surface area contributed by atoms with Crippen LogP contribution in [0, 0.1) is 18.6 Å². The summed E-state index contributed by atoms with van der Waals surface area (Å²) in [5.41, 5.74) is 2.04. The number of nitrogens with zero attached hydrogens (tertiary/aromatic N) is 3. The number of carbonyl (C=O) groups excluding carboxylic acids is 2. The molecule has 152 valence electrons. The smallest absolute Gasteiger partial charge is 0.270 e. The summed E-state index contributed by atoms with van der Waals surface area (Å²) in [5.74, 6) is -0.862. The fourth-order valence-corrected chi connectivity index (χ4v) is 3.78. The van der Waals surface area contributed by atoms with Crippen molar-refractivity contribution in [1.29, 1.82) is 0 Å². The monoisotopic (exact) mass is 401 g/mol. The molecule has 1 aliphatic heterocycles. The maximum absolute atomic E-state index is 13.7. The summed E-state index contributed by atoms with van der Waals surface area (Å²) in [5, 5.41) is 0. The predicted molar refractivity (Wildman–Crippen MR) is 103 cm³/mol. The molecule has 3 heterocycles. The lowest BCUT2D eigenvalue weighted by Gasteiger charge is -2.34. The van der Waals surface area contributed by atoms with Crippen molar-refractivity contribution in [2.75, 3.05) is 26.2 Å². The third-order valence-electron chi connectivity index (χ3n) is 5.21. The predicted octanol–water partition coefficient (Wildman–Crippen LogP) is 3.17. The molecule has 1 aliphatic rings. The van der Waals surface area contributed by atoms with E-state index in [1.54, 1.807) is 33.4 Å². The van der Waals surface area contributed by atoms with E-state index in [9.17, 15) is 18.4 Å². The van der Waals surface area contributed by atoms with Crippen LogP contribution in [0.1, 0.15) is 28.7 Å². The third kappa shape index (κ3) is 3.74. The maximum atomic E-state index is 13.7. The molecule has 6 nitrogen and oxygen atoms in total. The quantitative estimate of drug-likeness (QED) is 0.677. The molecule has 8 heteroatoms. The second kappa shape index (κ2) is 7.35. The fourth-order valence-electron chi connectivity index (χ4n) is 3.78. The van der Waals surface area contributed by atoms with Crippen molar-refractivity contribution in [2.45, 2.75) is 20.4 Å². The Balaban J connectivity index is 1.67. The number of aryl methyl sites for hydroxylation is 1. The van der Waals surface area contributed by atoms with Crippen LogP contribution in [0.4, 0.5) is 8.78 Å². The number of fused-ring (bicyclic) bond motifs is 1. The topological polar surface area (TPSA) is 58.7 Å². The summed E-state index contributed by atoms with van der Waals surface area (Å²) in [6.45, 7) is 5.26. The van der Waals surface area contributed by atoms with Crippen molar-refractivity contribution in [1.82, 2.24) is 14.4 Å². The van der Waals surface area contributed by atoms with E-state index in [0.717, 1.165) is 6.07 Å². The van der Waals surface area contributed by atoms with Crippen LogP contribution >= 0.6 is 0 Å². The number of halogens is 2. The van der Waals surface area contributed by atoms with Gasteiger partial charge in [0.05, 0.1) is 5.52 Å². The van der Waals surface area contributed by atoms with Crippen molar-refractivity contribution in [3.63, 3.8) is 0 Å². The Kier molecular flexibility index (Phi) is 4.86. The van der Waals surface area contributed by atoms with Crippen molar-refractivity contribution >= 4 is 22.9 Å². The zero-order valence-electron chi connectivity index (χ0n) is 16.2. The van der Waals surface area contributed by atoms with Crippen LogP contribution in [0.5, 0.6) is 0 Å². The SMILES string of the molecule is CC(=O)N1CCN(C(=O)c2cc3oc(C)cc3n2Cc2cc(F)cc(F)c2)CC1. The summed E-state index contributed by atoms with van der Waals surface area (Å²) in [7, 11) is 0. The van der Waals surface area contributed by atoms with Gasteiger partial charge in [0, 0.05) is 57.8 Å². The Morgan fingerprint density at radius 2 is 1.59 bits per heavy atom. The molecule has 0 aliphatic carbocycles. The molecule has 1 fully saturated rings. The number of carbonyl (C=O) groups is 2. The molecule has 1 aromatic carbocycles. The molecule has 2 aromatic heterocycles. The standard InChI is InChI=1S/C21H21F2N3O3/c1-13-7-18-20(29-13)11-19(21(28)25-5-3-24(4-6-25)14(2)27)26(18)12-15-8-16(22)10-17(23)9-15/h7-11H,3-6,12H2,1-2H3. The van der Waals surface area contributed by atoms with E-state index in [0.29, 0.717) is 54.3 Å². The minimum atomic E-state index is -0.667. The van der Waals surface area contributed by atoms with Crippen molar-refractivity contribution in [3.05, 3.63) is 59.0 Å². The van der Waals surface area contributed by atoms with E-state index >= 15 is 0 Å². The first-order valence-corrected chi connectivity index (χ1v) is 9.41. The number of rotatable bonds is 3. The third-order valence-corrected chi connectivity index (χ3v) is 5.21. The van der Waals surface area contributed by atoms with E-state index in [1.165, 1.54) is 19.1 Å². The fraction of sp³-hybridized carbons (Fsp3) is 0.333. The van der Waals surface area contributed by atoms with E-state index in [4.69, 9.17) is 4.42 Å². The average molecular weight is 401 g/mol. The van der Waals surface area contributed by atoms with Gasteiger partial charge in [-0.3, -0.25) is 9.59 Å². The van der Waals surface area contributed by atoms with Crippen LogP contribution in [0.15, 0.2) is 34.7 Å². The summed E-state index contributed by atoms with van der Waals surface area (Å²) in [4.78, 5) is 28.1. The highest BCUT2D eigenvalue weighted by atomic mass is 19.1. The molecule has 2 amide bonds. The van der Waals surface area contributed by atoms with Crippen LogP contribution in [-0.2, 0) is 11.3 Å². The van der Waals surface area contributed by atoms with E-state index in [-0.39, 0.29) is 18.4 Å². The van der Waals surface area contributed by atoms with Crippen molar-refractivity contribution < 1.29 is 22.8 Å². The van der Waals surface area contributed by atoms with Gasteiger partial charge in [-0.05, 0) is 24.6 Å². The highest BCUT2D eigenvalue weighted by Crippen LogP contribution is 2.26. The Hall–Kier alpha value is -3.16. The Labute approximate surface area is 166 Å². The number of amides is 2. The van der Waals surface area contributed by atoms with Crippen molar-refractivity contribution in [2.24, 2.45) is 0 Å². The molecule has 0 N–H and O–H groups in total. The first kappa shape index (κ1) is 19.2. The van der Waals surface area contributed by atoms with Gasteiger partial charge in [-0.2, -0.15) is 0 Å². The Morgan fingerprint density at radius 3 is 2.21 bits per heavy atom. The second-order valence-corrected chi connectivity index (χ2v) is 7.30. The highest BCUT2D eigenvalue weighted by molar-refractivity contribution is 5.98. The van der Waals surface area contributed by atoms with Crippen LogP contribution in [0.25, 0.3) is 11.1 Å². The van der Waals surface area contributed by atoms with E-state index < -0.39 is 11.6 Å². The minimum absolute atomic E-state index is 0.0124. The van der Waals surface area contributed by atoms with Gasteiger partial charge in [0.1, 0.15) is 23.1 Å².